The zero-order valence-corrected chi connectivity index (χ0v) is 10.3. The maximum Gasteiger partial charge on any atom is 0.309 e. The van der Waals surface area contributed by atoms with Crippen molar-refractivity contribution in [2.24, 2.45) is 11.3 Å². The molecule has 2 atom stereocenters. The first-order valence-electron chi connectivity index (χ1n) is 6.12. The van der Waals surface area contributed by atoms with Crippen molar-refractivity contribution < 1.29 is 23.7 Å². The third kappa shape index (κ3) is 3.66. The lowest BCUT2D eigenvalue weighted by molar-refractivity contribution is -0.148. The van der Waals surface area contributed by atoms with Gasteiger partial charge in [-0.2, -0.15) is 0 Å². The minimum atomic E-state index is -0.118. The molecule has 0 aromatic heterocycles. The average Bonchev–Trinajstić information content (AvgIpc) is 2.98. The van der Waals surface area contributed by atoms with Gasteiger partial charge in [-0.05, 0) is 6.42 Å². The van der Waals surface area contributed by atoms with Crippen molar-refractivity contribution in [1.82, 2.24) is 0 Å². The molecule has 0 bridgehead atoms. The molecule has 17 heavy (non-hydrogen) atoms. The first-order valence-corrected chi connectivity index (χ1v) is 6.12. The zero-order chi connectivity index (χ0) is 12.1. The molecular weight excluding hydrogens is 224 g/mol. The van der Waals surface area contributed by atoms with Gasteiger partial charge < -0.3 is 18.9 Å². The van der Waals surface area contributed by atoms with Crippen molar-refractivity contribution in [3.8, 4) is 0 Å². The summed E-state index contributed by atoms with van der Waals surface area (Å²) in [5, 5.41) is 0. The van der Waals surface area contributed by atoms with Crippen LogP contribution in [0.2, 0.25) is 0 Å². The highest BCUT2D eigenvalue weighted by Gasteiger charge is 2.55. The predicted octanol–water partition coefficient (Wildman–Crippen LogP) is 0.619. The second-order valence-electron chi connectivity index (χ2n) is 4.86. The van der Waals surface area contributed by atoms with Gasteiger partial charge in [-0.15, -0.1) is 0 Å². The van der Waals surface area contributed by atoms with E-state index in [2.05, 4.69) is 6.92 Å². The van der Waals surface area contributed by atoms with E-state index in [0.29, 0.717) is 46.2 Å². The number of carbonyl (C=O) groups is 1. The summed E-state index contributed by atoms with van der Waals surface area (Å²) in [4.78, 5) is 11.7. The number of hydrogen-bond acceptors (Lipinski definition) is 5. The lowest BCUT2D eigenvalue weighted by Crippen LogP contribution is -2.20. The summed E-state index contributed by atoms with van der Waals surface area (Å²) in [5.74, 6) is -0.126. The summed E-state index contributed by atoms with van der Waals surface area (Å²) < 4.78 is 21.2. The van der Waals surface area contributed by atoms with E-state index in [1.165, 1.54) is 0 Å². The number of esters is 1. The Morgan fingerprint density at radius 3 is 2.29 bits per heavy atom. The van der Waals surface area contributed by atoms with E-state index < -0.39 is 0 Å². The van der Waals surface area contributed by atoms with Crippen LogP contribution in [0, 0.1) is 11.3 Å². The van der Waals surface area contributed by atoms with Gasteiger partial charge in [-0.25, -0.2) is 0 Å². The van der Waals surface area contributed by atoms with Crippen molar-refractivity contribution in [3.05, 3.63) is 0 Å². The van der Waals surface area contributed by atoms with Gasteiger partial charge in [0, 0.05) is 5.41 Å². The highest BCUT2D eigenvalue weighted by atomic mass is 16.6. The fourth-order valence-electron chi connectivity index (χ4n) is 1.98. The van der Waals surface area contributed by atoms with Gasteiger partial charge in [0.15, 0.2) is 0 Å². The van der Waals surface area contributed by atoms with E-state index in [1.54, 1.807) is 0 Å². The first kappa shape index (κ1) is 12.8. The lowest BCUT2D eigenvalue weighted by Gasteiger charge is -2.13. The molecule has 1 saturated carbocycles. The summed E-state index contributed by atoms with van der Waals surface area (Å²) in [7, 11) is 0. The molecule has 0 aromatic rings. The molecule has 0 radical (unpaired) electrons. The summed E-state index contributed by atoms with van der Waals surface area (Å²) in [6.45, 7) is 5.65. The molecule has 2 rings (SSSR count). The molecule has 1 saturated heterocycles. The Morgan fingerprint density at radius 2 is 1.59 bits per heavy atom. The standard InChI is InChI=1S/C12H20O5/c1-12-8-10(12)11(13)17-7-6-15-3-2-14-4-5-16-9-12/h10H,2-9H2,1H3/t10-,12-/m1/s1. The number of carbonyl (C=O) groups excluding carboxylic acids is 1. The fraction of sp³-hybridized carbons (Fsp3) is 0.917. The van der Waals surface area contributed by atoms with E-state index in [0.717, 1.165) is 6.42 Å². The summed E-state index contributed by atoms with van der Waals surface area (Å²) in [6.07, 6.45) is 0.855. The predicted molar refractivity (Wildman–Crippen MR) is 59.6 cm³/mol. The summed E-state index contributed by atoms with van der Waals surface area (Å²) in [5.41, 5.74) is -0.0396. The molecule has 0 N–H and O–H groups in total. The molecule has 0 amide bonds. The SMILES string of the molecule is C[C@@]12COCCOCCOCCOC(=O)[C@H]1C2. The molecule has 5 heteroatoms. The molecule has 98 valence electrons. The van der Waals surface area contributed by atoms with Crippen LogP contribution in [0.1, 0.15) is 13.3 Å². The Morgan fingerprint density at radius 1 is 1.00 bits per heavy atom. The second kappa shape index (κ2) is 5.80. The zero-order valence-electron chi connectivity index (χ0n) is 10.3. The molecule has 2 fully saturated rings. The fourth-order valence-corrected chi connectivity index (χ4v) is 1.98. The van der Waals surface area contributed by atoms with E-state index >= 15 is 0 Å². The molecule has 1 aliphatic heterocycles. The van der Waals surface area contributed by atoms with Crippen LogP contribution in [-0.2, 0) is 23.7 Å². The van der Waals surface area contributed by atoms with Gasteiger partial charge in [-0.1, -0.05) is 6.92 Å². The average molecular weight is 244 g/mol. The summed E-state index contributed by atoms with van der Waals surface area (Å²) >= 11 is 0. The van der Waals surface area contributed by atoms with Crippen LogP contribution in [0.15, 0.2) is 0 Å². The number of fused-ring (bicyclic) bond motifs is 1. The number of cyclic esters (lactones) is 1. The van der Waals surface area contributed by atoms with Gasteiger partial charge in [0.25, 0.3) is 0 Å². The van der Waals surface area contributed by atoms with Crippen molar-refractivity contribution >= 4 is 5.97 Å². The minimum absolute atomic E-state index is 0.00800. The third-order valence-electron chi connectivity index (χ3n) is 3.28. The van der Waals surface area contributed by atoms with Crippen LogP contribution in [-0.4, -0.2) is 52.2 Å². The summed E-state index contributed by atoms with van der Waals surface area (Å²) in [6, 6.07) is 0. The maximum atomic E-state index is 11.7. The van der Waals surface area contributed by atoms with Crippen molar-refractivity contribution in [3.63, 3.8) is 0 Å². The molecule has 1 aliphatic carbocycles. The van der Waals surface area contributed by atoms with Crippen molar-refractivity contribution in [2.45, 2.75) is 13.3 Å². The Balaban J connectivity index is 1.79. The van der Waals surface area contributed by atoms with Gasteiger partial charge in [0.05, 0.1) is 45.6 Å². The van der Waals surface area contributed by atoms with Crippen LogP contribution in [0.4, 0.5) is 0 Å². The van der Waals surface area contributed by atoms with Crippen LogP contribution in [0.5, 0.6) is 0 Å². The number of ether oxygens (including phenoxy) is 4. The van der Waals surface area contributed by atoms with Crippen molar-refractivity contribution in [2.75, 3.05) is 46.2 Å². The van der Waals surface area contributed by atoms with Gasteiger partial charge in [0.1, 0.15) is 6.61 Å². The van der Waals surface area contributed by atoms with E-state index in [9.17, 15) is 4.79 Å². The van der Waals surface area contributed by atoms with Gasteiger partial charge >= 0.3 is 5.97 Å². The Labute approximate surface area is 101 Å². The number of rotatable bonds is 0. The van der Waals surface area contributed by atoms with Crippen LogP contribution in [0.3, 0.4) is 0 Å². The molecule has 1 heterocycles. The smallest absolute Gasteiger partial charge is 0.309 e. The van der Waals surface area contributed by atoms with E-state index in [1.807, 2.05) is 0 Å². The molecular formula is C12H20O5. The van der Waals surface area contributed by atoms with E-state index in [-0.39, 0.29) is 17.3 Å². The highest BCUT2D eigenvalue weighted by Crippen LogP contribution is 2.52. The van der Waals surface area contributed by atoms with Crippen LogP contribution >= 0.6 is 0 Å². The highest BCUT2D eigenvalue weighted by molar-refractivity contribution is 5.76. The van der Waals surface area contributed by atoms with Crippen LogP contribution in [0.25, 0.3) is 0 Å². The van der Waals surface area contributed by atoms with E-state index in [4.69, 9.17) is 18.9 Å². The molecule has 0 aromatic carbocycles. The quantitative estimate of drug-likeness (QED) is 0.585. The lowest BCUT2D eigenvalue weighted by atomic mass is 10.1. The topological polar surface area (TPSA) is 54.0 Å². The molecule has 2 aliphatic rings. The minimum Gasteiger partial charge on any atom is -0.463 e. The molecule has 0 spiro atoms. The number of hydrogen-bond donors (Lipinski definition) is 0. The third-order valence-corrected chi connectivity index (χ3v) is 3.28. The Kier molecular flexibility index (Phi) is 4.36. The normalized spacial score (nSPS) is 36.5. The second-order valence-corrected chi connectivity index (χ2v) is 4.86. The van der Waals surface area contributed by atoms with Gasteiger partial charge in [0.2, 0.25) is 0 Å². The first-order chi connectivity index (χ1) is 8.22. The Hall–Kier alpha value is -0.650. The largest absolute Gasteiger partial charge is 0.463 e. The monoisotopic (exact) mass is 244 g/mol. The van der Waals surface area contributed by atoms with Crippen LogP contribution < -0.4 is 0 Å². The molecule has 0 unspecified atom stereocenters. The van der Waals surface area contributed by atoms with Crippen molar-refractivity contribution in [1.29, 1.82) is 0 Å². The van der Waals surface area contributed by atoms with Gasteiger partial charge in [-0.3, -0.25) is 4.79 Å². The Bertz CT molecular complexity index is 268. The molecule has 5 nitrogen and oxygen atoms in total. The maximum absolute atomic E-state index is 11.7.